The van der Waals surface area contributed by atoms with Crippen LogP contribution in [0.3, 0.4) is 0 Å². The third kappa shape index (κ3) is 10.6. The van der Waals surface area contributed by atoms with Crippen molar-refractivity contribution in [2.24, 2.45) is 0 Å². The maximum atomic E-state index is 10.9. The maximum absolute atomic E-state index is 10.9. The van der Waals surface area contributed by atoms with Crippen molar-refractivity contribution in [3.63, 3.8) is 0 Å². The van der Waals surface area contributed by atoms with E-state index in [-0.39, 0.29) is 28.6 Å². The van der Waals surface area contributed by atoms with Crippen LogP contribution in [-0.4, -0.2) is 11.6 Å². The van der Waals surface area contributed by atoms with Gasteiger partial charge in [-0.3, -0.25) is 0 Å². The van der Waals surface area contributed by atoms with Crippen LogP contribution in [0.15, 0.2) is 0 Å². The summed E-state index contributed by atoms with van der Waals surface area (Å²) in [7, 11) is 0. The summed E-state index contributed by atoms with van der Waals surface area (Å²) in [6.07, 6.45) is 0.581. The number of hydrogen-bond acceptors (Lipinski definition) is 2. The molecule has 0 N–H and O–H groups in total. The Morgan fingerprint density at radius 3 is 2.18 bits per heavy atom. The topological polar surface area (TPSA) is 26.3 Å². The normalized spacial score (nSPS) is 10.3. The average molecular weight is 275 g/mol. The Morgan fingerprint density at radius 2 is 1.91 bits per heavy atom. The van der Waals surface area contributed by atoms with Gasteiger partial charge in [0.05, 0.1) is 0 Å². The van der Waals surface area contributed by atoms with Gasteiger partial charge in [-0.25, -0.2) is 0 Å². The summed E-state index contributed by atoms with van der Waals surface area (Å²) in [5.74, 6) is -0.0706. The van der Waals surface area contributed by atoms with Gasteiger partial charge in [-0.1, -0.05) is 0 Å². The van der Waals surface area contributed by atoms with E-state index in [1.54, 1.807) is 0 Å². The van der Waals surface area contributed by atoms with Crippen molar-refractivity contribution in [3.8, 4) is 0 Å². The zero-order valence-corrected chi connectivity index (χ0v) is 12.0. The monoisotopic (exact) mass is 273 g/mol. The predicted molar refractivity (Wildman–Crippen MR) is 45.6 cm³/mol. The number of rotatable bonds is 2. The van der Waals surface area contributed by atoms with E-state index in [4.69, 9.17) is 4.74 Å². The van der Waals surface area contributed by atoms with Gasteiger partial charge in [0, 0.05) is 0 Å². The standard InChI is InChI=1S/C7H13O2.BrH.Zn/c1-5-6(8)9-7(2,3)4;;/h1,5H2,2-4H3;1H;. The van der Waals surface area contributed by atoms with Crippen molar-refractivity contribution in [2.45, 2.75) is 37.8 Å². The Bertz CT molecular complexity index is 120. The zero-order chi connectivity index (χ0) is 8.20. The van der Waals surface area contributed by atoms with Crippen LogP contribution in [0, 0.1) is 0 Å². The van der Waals surface area contributed by atoms with E-state index in [1.165, 1.54) is 18.3 Å². The van der Waals surface area contributed by atoms with Gasteiger partial charge >= 0.3 is 71.6 Å². The van der Waals surface area contributed by atoms with Crippen LogP contribution >= 0.6 is 17.0 Å². The van der Waals surface area contributed by atoms with Crippen LogP contribution < -0.4 is 0 Å². The van der Waals surface area contributed by atoms with Crippen molar-refractivity contribution < 1.29 is 27.8 Å². The van der Waals surface area contributed by atoms with Gasteiger partial charge in [-0.2, -0.15) is 0 Å². The van der Waals surface area contributed by atoms with Crippen molar-refractivity contribution in [3.05, 3.63) is 0 Å². The first-order valence-corrected chi connectivity index (χ1v) is 5.56. The summed E-state index contributed by atoms with van der Waals surface area (Å²) in [5.41, 5.74) is -0.313. The molecule has 0 rings (SSSR count). The first-order chi connectivity index (χ1) is 4.45. The van der Waals surface area contributed by atoms with E-state index in [0.717, 1.165) is 5.02 Å². The first-order valence-electron chi connectivity index (χ1n) is 3.47. The van der Waals surface area contributed by atoms with Crippen LogP contribution in [-0.2, 0) is 27.8 Å². The molecule has 0 atom stereocenters. The second kappa shape index (κ2) is 6.13. The zero-order valence-electron chi connectivity index (χ0n) is 7.35. The fraction of sp³-hybridized carbons (Fsp3) is 0.857. The molecule has 2 nitrogen and oxygen atoms in total. The third-order valence-corrected chi connectivity index (χ3v) is 1.54. The number of ether oxygens (including phenoxy) is 1. The molecule has 0 amide bonds. The Morgan fingerprint density at radius 1 is 1.45 bits per heavy atom. The van der Waals surface area contributed by atoms with Crippen LogP contribution in [0.1, 0.15) is 27.2 Å². The molecule has 0 aliphatic heterocycles. The van der Waals surface area contributed by atoms with Gasteiger partial charge in [0.2, 0.25) is 0 Å². The van der Waals surface area contributed by atoms with Gasteiger partial charge in [0.25, 0.3) is 0 Å². The summed E-state index contributed by atoms with van der Waals surface area (Å²) in [4.78, 5) is 10.9. The van der Waals surface area contributed by atoms with E-state index < -0.39 is 0 Å². The summed E-state index contributed by atoms with van der Waals surface area (Å²) >= 11 is 1.17. The molecule has 0 heterocycles. The molecule has 0 fully saturated rings. The molecule has 11 heavy (non-hydrogen) atoms. The predicted octanol–water partition coefficient (Wildman–Crippen LogP) is 2.26. The number of carbonyl (C=O) groups excluding carboxylic acids is 1. The summed E-state index contributed by atoms with van der Waals surface area (Å²) < 4.78 is 5.06. The third-order valence-electron chi connectivity index (χ3n) is 0.801. The molecular weight excluding hydrogens is 261 g/mol. The second-order valence-corrected chi connectivity index (χ2v) is 4.67. The molecule has 0 aromatic rings. The van der Waals surface area contributed by atoms with Crippen molar-refractivity contribution >= 4 is 23.0 Å². The van der Waals surface area contributed by atoms with E-state index in [1.807, 2.05) is 20.8 Å². The Kier molecular flexibility index (Phi) is 7.87. The molecule has 0 aliphatic rings. The minimum absolute atomic E-state index is 0. The summed E-state index contributed by atoms with van der Waals surface area (Å²) in [6.45, 7) is 5.66. The fourth-order valence-corrected chi connectivity index (χ4v) is 1.14. The van der Waals surface area contributed by atoms with Crippen LogP contribution in [0.5, 0.6) is 0 Å². The number of carbonyl (C=O) groups is 1. The van der Waals surface area contributed by atoms with Crippen molar-refractivity contribution in [2.75, 3.05) is 0 Å². The molecule has 0 unspecified atom stereocenters. The molecule has 0 aromatic heterocycles. The Balaban J connectivity index is 0. The molecule has 0 saturated heterocycles. The van der Waals surface area contributed by atoms with Gasteiger partial charge in [-0.15, -0.1) is 17.0 Å². The molecule has 0 spiro atoms. The quantitative estimate of drug-likeness (QED) is 0.571. The molecule has 63 valence electrons. The van der Waals surface area contributed by atoms with Crippen molar-refractivity contribution in [1.82, 2.24) is 0 Å². The average Bonchev–Trinajstić information content (AvgIpc) is 1.59. The molecule has 0 saturated carbocycles. The molecule has 0 aromatic carbocycles. The van der Waals surface area contributed by atoms with E-state index in [2.05, 4.69) is 0 Å². The van der Waals surface area contributed by atoms with Gasteiger partial charge in [0.1, 0.15) is 0 Å². The molecule has 0 radical (unpaired) electrons. The Labute approximate surface area is 88.5 Å². The van der Waals surface area contributed by atoms with Gasteiger partial charge in [0.15, 0.2) is 0 Å². The SMILES string of the molecule is Br.CC(C)(C)OC(=O)C[CH2][Zn]. The van der Waals surface area contributed by atoms with E-state index >= 15 is 0 Å². The molecule has 0 bridgehead atoms. The van der Waals surface area contributed by atoms with Gasteiger partial charge in [-0.05, 0) is 0 Å². The second-order valence-electron chi connectivity index (χ2n) is 3.19. The van der Waals surface area contributed by atoms with Gasteiger partial charge < -0.3 is 0 Å². The van der Waals surface area contributed by atoms with E-state index in [0.29, 0.717) is 6.42 Å². The number of esters is 1. The van der Waals surface area contributed by atoms with E-state index in [9.17, 15) is 4.79 Å². The summed E-state index contributed by atoms with van der Waals surface area (Å²) in [5, 5.41) is 0.981. The molecule has 0 aliphatic carbocycles. The van der Waals surface area contributed by atoms with Crippen LogP contribution in [0.4, 0.5) is 0 Å². The van der Waals surface area contributed by atoms with Crippen LogP contribution in [0.25, 0.3) is 0 Å². The Hall–Kier alpha value is 0.573. The summed E-state index contributed by atoms with van der Waals surface area (Å²) in [6, 6.07) is 0. The fourth-order valence-electron chi connectivity index (χ4n) is 0.537. The molecular formula is C7H14BrO2Zn. The first kappa shape index (κ1) is 14.1. The molecule has 4 heteroatoms. The minimum atomic E-state index is -0.313. The number of halogens is 1. The van der Waals surface area contributed by atoms with Crippen LogP contribution in [0.2, 0.25) is 5.02 Å². The van der Waals surface area contributed by atoms with Crippen molar-refractivity contribution in [1.29, 1.82) is 0 Å². The number of hydrogen-bond donors (Lipinski definition) is 0.